The standard InChI is InChI=1S/C10H21N/c1-2-3-4-5-6-7-8-9-10-11/h2-3H,4-11H2,1H3/b3-2-. The van der Waals surface area contributed by atoms with E-state index in [4.69, 9.17) is 5.73 Å². The van der Waals surface area contributed by atoms with E-state index >= 15 is 0 Å². The Morgan fingerprint density at radius 3 is 2.27 bits per heavy atom. The van der Waals surface area contributed by atoms with Crippen molar-refractivity contribution in [3.05, 3.63) is 12.2 Å². The van der Waals surface area contributed by atoms with Gasteiger partial charge in [0, 0.05) is 0 Å². The zero-order chi connectivity index (χ0) is 8.36. The van der Waals surface area contributed by atoms with Gasteiger partial charge in [-0.1, -0.05) is 31.4 Å². The number of hydrogen-bond donors (Lipinski definition) is 1. The predicted octanol–water partition coefficient (Wildman–Crippen LogP) is 2.86. The summed E-state index contributed by atoms with van der Waals surface area (Å²) in [4.78, 5) is 0. The van der Waals surface area contributed by atoms with E-state index in [0.717, 1.165) is 6.54 Å². The molecule has 0 saturated heterocycles. The largest absolute Gasteiger partial charge is 0.330 e. The van der Waals surface area contributed by atoms with Crippen molar-refractivity contribution in [3.8, 4) is 0 Å². The van der Waals surface area contributed by atoms with Crippen molar-refractivity contribution in [1.82, 2.24) is 0 Å². The summed E-state index contributed by atoms with van der Waals surface area (Å²) in [5.41, 5.74) is 5.38. The molecule has 0 radical (unpaired) electrons. The molecule has 0 atom stereocenters. The number of allylic oxidation sites excluding steroid dienone is 2. The Hall–Kier alpha value is -0.300. The molecule has 0 aromatic rings. The first-order valence-corrected chi connectivity index (χ1v) is 4.73. The second-order valence-electron chi connectivity index (χ2n) is 2.91. The molecule has 0 aliphatic rings. The highest BCUT2D eigenvalue weighted by molar-refractivity contribution is 4.76. The van der Waals surface area contributed by atoms with Crippen LogP contribution in [0.4, 0.5) is 0 Å². The molecule has 0 saturated carbocycles. The van der Waals surface area contributed by atoms with Crippen molar-refractivity contribution in [2.75, 3.05) is 6.54 Å². The van der Waals surface area contributed by atoms with Crippen LogP contribution in [0.5, 0.6) is 0 Å². The van der Waals surface area contributed by atoms with Crippen molar-refractivity contribution in [2.24, 2.45) is 5.73 Å². The normalized spacial score (nSPS) is 11.1. The smallest absolute Gasteiger partial charge is 0.00773 e. The summed E-state index contributed by atoms with van der Waals surface area (Å²) in [6, 6.07) is 0. The number of nitrogens with two attached hydrogens (primary N) is 1. The molecule has 0 aromatic carbocycles. The average Bonchev–Trinajstić information content (AvgIpc) is 2.03. The molecule has 0 bridgehead atoms. The van der Waals surface area contributed by atoms with Crippen LogP contribution < -0.4 is 5.73 Å². The molecule has 2 N–H and O–H groups in total. The van der Waals surface area contributed by atoms with E-state index in [0.29, 0.717) is 0 Å². The summed E-state index contributed by atoms with van der Waals surface area (Å²) >= 11 is 0. The van der Waals surface area contributed by atoms with Gasteiger partial charge in [0.1, 0.15) is 0 Å². The molecule has 0 aromatic heterocycles. The summed E-state index contributed by atoms with van der Waals surface area (Å²) < 4.78 is 0. The minimum absolute atomic E-state index is 0.856. The third-order valence-electron chi connectivity index (χ3n) is 1.81. The number of hydrogen-bond acceptors (Lipinski definition) is 1. The first-order chi connectivity index (χ1) is 5.41. The predicted molar refractivity (Wildman–Crippen MR) is 51.6 cm³/mol. The molecule has 1 heteroatoms. The van der Waals surface area contributed by atoms with Crippen LogP contribution in [0.1, 0.15) is 45.4 Å². The molecule has 0 heterocycles. The van der Waals surface area contributed by atoms with E-state index in [1.54, 1.807) is 0 Å². The van der Waals surface area contributed by atoms with E-state index in [9.17, 15) is 0 Å². The maximum absolute atomic E-state index is 5.38. The summed E-state index contributed by atoms with van der Waals surface area (Å²) in [5.74, 6) is 0. The highest BCUT2D eigenvalue weighted by Crippen LogP contribution is 2.04. The summed E-state index contributed by atoms with van der Waals surface area (Å²) in [6.45, 7) is 2.93. The highest BCUT2D eigenvalue weighted by Gasteiger charge is 1.87. The molecule has 66 valence electrons. The minimum atomic E-state index is 0.856. The van der Waals surface area contributed by atoms with Gasteiger partial charge < -0.3 is 5.73 Å². The van der Waals surface area contributed by atoms with Gasteiger partial charge in [0.05, 0.1) is 0 Å². The molecule has 1 nitrogen and oxygen atoms in total. The Labute approximate surface area is 70.7 Å². The van der Waals surface area contributed by atoms with Crippen LogP contribution in [0.15, 0.2) is 12.2 Å². The van der Waals surface area contributed by atoms with Gasteiger partial charge in [-0.15, -0.1) is 0 Å². The van der Waals surface area contributed by atoms with E-state index in [-0.39, 0.29) is 0 Å². The Kier molecular flexibility index (Phi) is 9.44. The van der Waals surface area contributed by atoms with E-state index in [1.807, 2.05) is 0 Å². The highest BCUT2D eigenvalue weighted by atomic mass is 14.5. The summed E-state index contributed by atoms with van der Waals surface area (Å²) in [5, 5.41) is 0. The molecule has 0 fully saturated rings. The van der Waals surface area contributed by atoms with Crippen LogP contribution >= 0.6 is 0 Å². The first kappa shape index (κ1) is 10.7. The zero-order valence-corrected chi connectivity index (χ0v) is 7.68. The van der Waals surface area contributed by atoms with Crippen molar-refractivity contribution >= 4 is 0 Å². The SMILES string of the molecule is C/C=C\CCCCCCCN. The molecule has 0 spiro atoms. The number of rotatable bonds is 7. The Morgan fingerprint density at radius 1 is 1.00 bits per heavy atom. The molecule has 0 unspecified atom stereocenters. The summed E-state index contributed by atoms with van der Waals surface area (Å²) in [7, 11) is 0. The second kappa shape index (κ2) is 9.70. The van der Waals surface area contributed by atoms with Gasteiger partial charge in [0.15, 0.2) is 0 Å². The van der Waals surface area contributed by atoms with Crippen LogP contribution in [-0.4, -0.2) is 6.54 Å². The molecule has 0 amide bonds. The lowest BCUT2D eigenvalue weighted by atomic mass is 10.1. The molecule has 0 aliphatic heterocycles. The van der Waals surface area contributed by atoms with Crippen molar-refractivity contribution in [2.45, 2.75) is 45.4 Å². The van der Waals surface area contributed by atoms with Gasteiger partial charge in [0.2, 0.25) is 0 Å². The lowest BCUT2D eigenvalue weighted by molar-refractivity contribution is 0.622. The minimum Gasteiger partial charge on any atom is -0.330 e. The van der Waals surface area contributed by atoms with Gasteiger partial charge in [-0.3, -0.25) is 0 Å². The van der Waals surface area contributed by atoms with Gasteiger partial charge in [-0.25, -0.2) is 0 Å². The van der Waals surface area contributed by atoms with Crippen molar-refractivity contribution in [3.63, 3.8) is 0 Å². The van der Waals surface area contributed by atoms with Crippen LogP contribution in [0, 0.1) is 0 Å². The zero-order valence-electron chi connectivity index (χ0n) is 7.68. The van der Waals surface area contributed by atoms with Crippen LogP contribution in [0.3, 0.4) is 0 Å². The third kappa shape index (κ3) is 9.70. The first-order valence-electron chi connectivity index (χ1n) is 4.73. The molecular weight excluding hydrogens is 134 g/mol. The Morgan fingerprint density at radius 2 is 1.64 bits per heavy atom. The topological polar surface area (TPSA) is 26.0 Å². The molecule has 0 rings (SSSR count). The lowest BCUT2D eigenvalue weighted by Crippen LogP contribution is -1.97. The quantitative estimate of drug-likeness (QED) is 0.444. The van der Waals surface area contributed by atoms with E-state index in [1.165, 1.54) is 38.5 Å². The third-order valence-corrected chi connectivity index (χ3v) is 1.81. The van der Waals surface area contributed by atoms with E-state index < -0.39 is 0 Å². The van der Waals surface area contributed by atoms with Gasteiger partial charge in [-0.05, 0) is 32.7 Å². The van der Waals surface area contributed by atoms with Crippen molar-refractivity contribution in [1.29, 1.82) is 0 Å². The second-order valence-corrected chi connectivity index (χ2v) is 2.91. The summed E-state index contributed by atoms with van der Waals surface area (Å²) in [6.07, 6.45) is 12.2. The Bertz CT molecular complexity index is 86.9. The molecule has 0 aliphatic carbocycles. The molecular formula is C10H21N. The monoisotopic (exact) mass is 155 g/mol. The number of unbranched alkanes of at least 4 members (excludes halogenated alkanes) is 5. The van der Waals surface area contributed by atoms with Crippen LogP contribution in [0.2, 0.25) is 0 Å². The maximum atomic E-state index is 5.38. The Balaban J connectivity index is 2.79. The van der Waals surface area contributed by atoms with Crippen LogP contribution in [-0.2, 0) is 0 Å². The van der Waals surface area contributed by atoms with Gasteiger partial charge in [0.25, 0.3) is 0 Å². The lowest BCUT2D eigenvalue weighted by Gasteiger charge is -1.96. The van der Waals surface area contributed by atoms with Crippen LogP contribution in [0.25, 0.3) is 0 Å². The fourth-order valence-corrected chi connectivity index (χ4v) is 1.10. The maximum Gasteiger partial charge on any atom is -0.00773 e. The van der Waals surface area contributed by atoms with Gasteiger partial charge in [-0.2, -0.15) is 0 Å². The average molecular weight is 155 g/mol. The van der Waals surface area contributed by atoms with E-state index in [2.05, 4.69) is 19.1 Å². The fourth-order valence-electron chi connectivity index (χ4n) is 1.10. The van der Waals surface area contributed by atoms with Crippen molar-refractivity contribution < 1.29 is 0 Å². The fraction of sp³-hybridized carbons (Fsp3) is 0.800. The molecule has 11 heavy (non-hydrogen) atoms. The van der Waals surface area contributed by atoms with Gasteiger partial charge >= 0.3 is 0 Å².